The Bertz CT molecular complexity index is 945. The van der Waals surface area contributed by atoms with E-state index < -0.39 is 0 Å². The van der Waals surface area contributed by atoms with E-state index in [-0.39, 0.29) is 6.04 Å². The molecule has 144 valence electrons. The van der Waals surface area contributed by atoms with Gasteiger partial charge in [0.25, 0.3) is 0 Å². The molecule has 2 aromatic heterocycles. The zero-order chi connectivity index (χ0) is 19.7. The second kappa shape index (κ2) is 7.82. The van der Waals surface area contributed by atoms with E-state index in [9.17, 15) is 0 Å². The molecule has 0 fully saturated rings. The summed E-state index contributed by atoms with van der Waals surface area (Å²) in [5, 5.41) is 1.11. The van der Waals surface area contributed by atoms with Gasteiger partial charge in [-0.1, -0.05) is 0 Å². The molecule has 0 saturated carbocycles. The molecule has 0 saturated heterocycles. The SMILES string of the molecule is COc1ccc(-c2nc(CN(C)C(C)c3nc(C)sc3C)c(C)o2)cc1C. The lowest BCUT2D eigenvalue weighted by Crippen LogP contribution is -2.23. The first kappa shape index (κ1) is 19.6. The lowest BCUT2D eigenvalue weighted by Gasteiger charge is -2.23. The number of aryl methyl sites for hydroxylation is 4. The smallest absolute Gasteiger partial charge is 0.226 e. The molecule has 3 aromatic rings. The molecule has 0 amide bonds. The molecule has 1 aromatic carbocycles. The second-order valence-corrected chi connectivity index (χ2v) is 8.38. The summed E-state index contributed by atoms with van der Waals surface area (Å²) in [6.07, 6.45) is 0. The van der Waals surface area contributed by atoms with Crippen molar-refractivity contribution in [1.82, 2.24) is 14.9 Å². The van der Waals surface area contributed by atoms with Gasteiger partial charge in [-0.2, -0.15) is 0 Å². The van der Waals surface area contributed by atoms with Gasteiger partial charge in [0.1, 0.15) is 11.5 Å². The molecule has 0 spiro atoms. The van der Waals surface area contributed by atoms with Gasteiger partial charge in [0, 0.05) is 17.0 Å². The minimum atomic E-state index is 0.220. The maximum absolute atomic E-state index is 5.95. The van der Waals surface area contributed by atoms with Crippen molar-refractivity contribution in [2.75, 3.05) is 14.2 Å². The van der Waals surface area contributed by atoms with E-state index in [0.29, 0.717) is 12.4 Å². The highest BCUT2D eigenvalue weighted by molar-refractivity contribution is 7.11. The molecule has 2 heterocycles. The van der Waals surface area contributed by atoms with Crippen molar-refractivity contribution in [2.45, 2.75) is 47.2 Å². The van der Waals surface area contributed by atoms with Crippen LogP contribution in [0, 0.1) is 27.7 Å². The molecule has 5 nitrogen and oxygen atoms in total. The van der Waals surface area contributed by atoms with Gasteiger partial charge in [-0.15, -0.1) is 11.3 Å². The minimum absolute atomic E-state index is 0.220. The van der Waals surface area contributed by atoms with Gasteiger partial charge < -0.3 is 9.15 Å². The Morgan fingerprint density at radius 1 is 1.19 bits per heavy atom. The molecule has 0 N–H and O–H groups in total. The standard InChI is InChI=1S/C21H27N3O2S/c1-12-10-17(8-9-19(12)25-7)21-23-18(14(3)26-21)11-24(6)13(2)20-15(4)27-16(5)22-20/h8-10,13H,11H2,1-7H3. The molecule has 1 unspecified atom stereocenters. The molecule has 1 atom stereocenters. The van der Waals surface area contributed by atoms with Crippen LogP contribution in [0.3, 0.4) is 0 Å². The molecule has 0 aliphatic rings. The number of aromatic nitrogens is 2. The minimum Gasteiger partial charge on any atom is -0.496 e. The van der Waals surface area contributed by atoms with Crippen molar-refractivity contribution in [3.63, 3.8) is 0 Å². The van der Waals surface area contributed by atoms with Gasteiger partial charge in [-0.3, -0.25) is 4.90 Å². The van der Waals surface area contributed by atoms with Crippen LogP contribution < -0.4 is 4.74 Å². The van der Waals surface area contributed by atoms with Crippen LogP contribution in [0.25, 0.3) is 11.5 Å². The lowest BCUT2D eigenvalue weighted by atomic mass is 10.1. The Labute approximate surface area is 165 Å². The van der Waals surface area contributed by atoms with E-state index in [1.165, 1.54) is 4.88 Å². The summed E-state index contributed by atoms with van der Waals surface area (Å²) in [4.78, 5) is 13.0. The topological polar surface area (TPSA) is 51.4 Å². The molecular weight excluding hydrogens is 358 g/mol. The molecule has 27 heavy (non-hydrogen) atoms. The highest BCUT2D eigenvalue weighted by atomic mass is 32.1. The normalized spacial score (nSPS) is 12.6. The molecule has 0 aliphatic carbocycles. The first-order valence-electron chi connectivity index (χ1n) is 9.05. The summed E-state index contributed by atoms with van der Waals surface area (Å²) in [6.45, 7) is 11.1. The Hall–Kier alpha value is -2.18. The van der Waals surface area contributed by atoms with Crippen molar-refractivity contribution in [2.24, 2.45) is 0 Å². The molecule has 0 radical (unpaired) electrons. The number of hydrogen-bond donors (Lipinski definition) is 0. The average molecular weight is 386 g/mol. The largest absolute Gasteiger partial charge is 0.496 e. The van der Waals surface area contributed by atoms with E-state index in [1.54, 1.807) is 18.4 Å². The number of methoxy groups -OCH3 is 1. The molecular formula is C21H27N3O2S. The summed E-state index contributed by atoms with van der Waals surface area (Å²) in [5.41, 5.74) is 4.13. The Morgan fingerprint density at radius 3 is 2.52 bits per heavy atom. The fourth-order valence-corrected chi connectivity index (χ4v) is 4.13. The number of hydrogen-bond acceptors (Lipinski definition) is 6. The van der Waals surface area contributed by atoms with E-state index in [1.807, 2.05) is 32.0 Å². The number of benzene rings is 1. The third kappa shape index (κ3) is 4.06. The van der Waals surface area contributed by atoms with Crippen LogP contribution in [0.15, 0.2) is 22.6 Å². The van der Waals surface area contributed by atoms with Gasteiger partial charge in [-0.05, 0) is 65.4 Å². The fourth-order valence-electron chi connectivity index (χ4n) is 3.22. The Balaban J connectivity index is 1.80. The lowest BCUT2D eigenvalue weighted by molar-refractivity contribution is 0.245. The third-order valence-corrected chi connectivity index (χ3v) is 5.83. The van der Waals surface area contributed by atoms with Crippen LogP contribution >= 0.6 is 11.3 Å². The van der Waals surface area contributed by atoms with Crippen LogP contribution in [0.1, 0.15) is 45.6 Å². The van der Waals surface area contributed by atoms with E-state index in [0.717, 1.165) is 39.0 Å². The van der Waals surface area contributed by atoms with E-state index in [2.05, 4.69) is 32.7 Å². The highest BCUT2D eigenvalue weighted by Gasteiger charge is 2.20. The predicted molar refractivity (Wildman–Crippen MR) is 109 cm³/mol. The maximum Gasteiger partial charge on any atom is 0.226 e. The quantitative estimate of drug-likeness (QED) is 0.581. The van der Waals surface area contributed by atoms with Crippen LogP contribution in [0.5, 0.6) is 5.75 Å². The van der Waals surface area contributed by atoms with E-state index >= 15 is 0 Å². The number of nitrogens with zero attached hydrogens (tertiary/aromatic N) is 3. The summed E-state index contributed by atoms with van der Waals surface area (Å²) in [7, 11) is 3.78. The third-order valence-electron chi connectivity index (χ3n) is 4.93. The average Bonchev–Trinajstić information content (AvgIpc) is 3.16. The molecule has 3 rings (SSSR count). The van der Waals surface area contributed by atoms with Crippen molar-refractivity contribution in [3.05, 3.63) is 50.8 Å². The molecule has 0 bridgehead atoms. The maximum atomic E-state index is 5.95. The highest BCUT2D eigenvalue weighted by Crippen LogP contribution is 2.30. The number of oxazole rings is 1. The van der Waals surface area contributed by atoms with Crippen LogP contribution in [-0.4, -0.2) is 29.0 Å². The van der Waals surface area contributed by atoms with Crippen LogP contribution in [0.4, 0.5) is 0 Å². The summed E-state index contributed by atoms with van der Waals surface area (Å²) in [5.74, 6) is 2.36. The van der Waals surface area contributed by atoms with Gasteiger partial charge in [0.05, 0.1) is 29.5 Å². The zero-order valence-electron chi connectivity index (χ0n) is 17.1. The summed E-state index contributed by atoms with van der Waals surface area (Å²) >= 11 is 1.75. The van der Waals surface area contributed by atoms with Crippen molar-refractivity contribution in [3.8, 4) is 17.2 Å². The van der Waals surface area contributed by atoms with Gasteiger partial charge >= 0.3 is 0 Å². The number of ether oxygens (including phenoxy) is 1. The summed E-state index contributed by atoms with van der Waals surface area (Å²) < 4.78 is 11.3. The first-order chi connectivity index (χ1) is 12.8. The fraction of sp³-hybridized carbons (Fsp3) is 0.429. The Morgan fingerprint density at radius 2 is 1.93 bits per heavy atom. The zero-order valence-corrected chi connectivity index (χ0v) is 17.9. The van der Waals surface area contributed by atoms with E-state index in [4.69, 9.17) is 19.1 Å². The summed E-state index contributed by atoms with van der Waals surface area (Å²) in [6, 6.07) is 6.19. The van der Waals surface area contributed by atoms with Crippen molar-refractivity contribution in [1.29, 1.82) is 0 Å². The van der Waals surface area contributed by atoms with Crippen molar-refractivity contribution < 1.29 is 9.15 Å². The van der Waals surface area contributed by atoms with Gasteiger partial charge in [0.2, 0.25) is 5.89 Å². The molecule has 0 aliphatic heterocycles. The van der Waals surface area contributed by atoms with Crippen LogP contribution in [-0.2, 0) is 6.54 Å². The van der Waals surface area contributed by atoms with Crippen LogP contribution in [0.2, 0.25) is 0 Å². The molecule has 6 heteroatoms. The van der Waals surface area contributed by atoms with Gasteiger partial charge in [-0.25, -0.2) is 9.97 Å². The van der Waals surface area contributed by atoms with Crippen molar-refractivity contribution >= 4 is 11.3 Å². The number of rotatable bonds is 6. The predicted octanol–water partition coefficient (Wildman–Crippen LogP) is 5.23. The van der Waals surface area contributed by atoms with Gasteiger partial charge in [0.15, 0.2) is 0 Å². The Kier molecular flexibility index (Phi) is 5.67. The first-order valence-corrected chi connectivity index (χ1v) is 9.87. The second-order valence-electron chi connectivity index (χ2n) is 6.97. The monoisotopic (exact) mass is 385 g/mol. The number of thiazole rings is 1.